The molecule has 0 saturated carbocycles. The molecule has 12 rings (SSSR count). The summed E-state index contributed by atoms with van der Waals surface area (Å²) in [5, 5.41) is 8.79. The maximum absolute atomic E-state index is 7.12. The monoisotopic (exact) mass is 766 g/mol. The summed E-state index contributed by atoms with van der Waals surface area (Å²) in [7, 11) is 0. The molecule has 0 bridgehead atoms. The van der Waals surface area contributed by atoms with Gasteiger partial charge in [-0.25, -0.2) is 0 Å². The van der Waals surface area contributed by atoms with Crippen LogP contribution < -0.4 is 11.5 Å². The highest BCUT2D eigenvalue weighted by molar-refractivity contribution is 6.27. The third kappa shape index (κ3) is 5.11. The van der Waals surface area contributed by atoms with E-state index >= 15 is 0 Å². The zero-order valence-corrected chi connectivity index (χ0v) is 32.7. The standard InChI is InChI=1S/C56H38N4/c57-55-48-33-53-46(42-18-8-11-21-51(42)59(53)40-29-27-38(28-30-40)37-25-23-36(24-26-37)35-13-3-1-4-14-35)31-44(48)45-32-47-43-19-9-12-22-52(43)60(54(47)34-49(45)56(55)58)50-20-10-7-17-41(50)39-15-5-2-6-16-39/h1-34H,57-58H2. The van der Waals surface area contributed by atoms with Gasteiger partial charge in [-0.15, -0.1) is 0 Å². The highest BCUT2D eigenvalue weighted by Gasteiger charge is 2.21. The van der Waals surface area contributed by atoms with Gasteiger partial charge in [-0.3, -0.25) is 0 Å². The minimum Gasteiger partial charge on any atom is -0.397 e. The van der Waals surface area contributed by atoms with Gasteiger partial charge in [0.15, 0.2) is 0 Å². The van der Waals surface area contributed by atoms with E-state index in [1.165, 1.54) is 49.4 Å². The zero-order valence-electron chi connectivity index (χ0n) is 32.7. The molecule has 60 heavy (non-hydrogen) atoms. The molecule has 10 aromatic carbocycles. The molecule has 0 atom stereocenters. The molecule has 0 aliphatic carbocycles. The third-order valence-electron chi connectivity index (χ3n) is 12.5. The third-order valence-corrected chi connectivity index (χ3v) is 12.5. The van der Waals surface area contributed by atoms with E-state index in [9.17, 15) is 0 Å². The van der Waals surface area contributed by atoms with Crippen molar-refractivity contribution in [2.24, 2.45) is 0 Å². The topological polar surface area (TPSA) is 61.9 Å². The van der Waals surface area contributed by atoms with Crippen LogP contribution >= 0.6 is 0 Å². The molecule has 2 aromatic heterocycles. The minimum atomic E-state index is 0.595. The van der Waals surface area contributed by atoms with Crippen LogP contribution in [0.15, 0.2) is 206 Å². The normalized spacial score (nSPS) is 11.8. The summed E-state index contributed by atoms with van der Waals surface area (Å²) in [6, 6.07) is 73.9. The Labute approximate surface area is 346 Å². The number of hydrogen-bond donors (Lipinski definition) is 2. The molecule has 4 nitrogen and oxygen atoms in total. The molecule has 0 radical (unpaired) electrons. The van der Waals surface area contributed by atoms with E-state index in [0.717, 1.165) is 60.5 Å². The fourth-order valence-electron chi connectivity index (χ4n) is 9.57. The summed E-state index contributed by atoms with van der Waals surface area (Å²) in [6.45, 7) is 0. The lowest BCUT2D eigenvalue weighted by molar-refractivity contribution is 1.18. The second-order valence-corrected chi connectivity index (χ2v) is 15.7. The second-order valence-electron chi connectivity index (χ2n) is 15.7. The van der Waals surface area contributed by atoms with Crippen LogP contribution in [-0.2, 0) is 0 Å². The molecule has 4 N–H and O–H groups in total. The van der Waals surface area contributed by atoms with Crippen molar-refractivity contribution >= 4 is 76.5 Å². The van der Waals surface area contributed by atoms with E-state index in [2.05, 4.69) is 215 Å². The van der Waals surface area contributed by atoms with Gasteiger partial charge < -0.3 is 20.6 Å². The highest BCUT2D eigenvalue weighted by Crippen LogP contribution is 2.45. The molecule has 12 aromatic rings. The summed E-state index contributed by atoms with van der Waals surface area (Å²) in [5.41, 5.74) is 29.2. The van der Waals surface area contributed by atoms with Crippen LogP contribution in [0.5, 0.6) is 0 Å². The van der Waals surface area contributed by atoms with E-state index in [1.54, 1.807) is 0 Å². The Balaban J connectivity index is 1.05. The molecule has 0 spiro atoms. The van der Waals surface area contributed by atoms with Gasteiger partial charge in [0, 0.05) is 43.6 Å². The number of rotatable bonds is 5. The maximum Gasteiger partial charge on any atom is 0.0634 e. The van der Waals surface area contributed by atoms with Crippen molar-refractivity contribution < 1.29 is 0 Å². The van der Waals surface area contributed by atoms with Gasteiger partial charge in [-0.1, -0.05) is 152 Å². The predicted octanol–water partition coefficient (Wildman–Crippen LogP) is 14.4. The first-order chi connectivity index (χ1) is 29.6. The van der Waals surface area contributed by atoms with Crippen LogP contribution in [0.2, 0.25) is 0 Å². The van der Waals surface area contributed by atoms with Crippen LogP contribution in [0.1, 0.15) is 0 Å². The number of nitrogen functional groups attached to an aromatic ring is 2. The molecule has 0 saturated heterocycles. The number of aromatic nitrogens is 2. The molecule has 282 valence electrons. The first-order valence-electron chi connectivity index (χ1n) is 20.4. The number of nitrogens with two attached hydrogens (primary N) is 2. The summed E-state index contributed by atoms with van der Waals surface area (Å²) in [5.74, 6) is 0. The van der Waals surface area contributed by atoms with E-state index in [4.69, 9.17) is 11.5 Å². The number of hydrogen-bond acceptors (Lipinski definition) is 2. The Bertz CT molecular complexity index is 3630. The lowest BCUT2D eigenvalue weighted by atomic mass is 9.95. The molecule has 4 heteroatoms. The van der Waals surface area contributed by atoms with Crippen molar-refractivity contribution in [3.63, 3.8) is 0 Å². The first kappa shape index (κ1) is 34.0. The van der Waals surface area contributed by atoms with Crippen LogP contribution in [0.3, 0.4) is 0 Å². The average Bonchev–Trinajstić information content (AvgIpc) is 3.82. The van der Waals surface area contributed by atoms with E-state index in [0.29, 0.717) is 11.4 Å². The Morgan fingerprint density at radius 3 is 1.25 bits per heavy atom. The molecular formula is C56H38N4. The van der Waals surface area contributed by atoms with Crippen molar-refractivity contribution in [1.29, 1.82) is 0 Å². The highest BCUT2D eigenvalue weighted by atomic mass is 15.0. The number of benzene rings is 10. The van der Waals surface area contributed by atoms with Gasteiger partial charge in [0.1, 0.15) is 0 Å². The van der Waals surface area contributed by atoms with Crippen molar-refractivity contribution in [2.75, 3.05) is 11.5 Å². The number of nitrogens with zero attached hydrogens (tertiary/aromatic N) is 2. The molecule has 0 fully saturated rings. The Hall–Kier alpha value is -8.08. The van der Waals surface area contributed by atoms with Crippen molar-refractivity contribution in [2.45, 2.75) is 0 Å². The van der Waals surface area contributed by atoms with Gasteiger partial charge in [-0.05, 0) is 93.2 Å². The van der Waals surface area contributed by atoms with Crippen molar-refractivity contribution in [3.05, 3.63) is 206 Å². The summed E-state index contributed by atoms with van der Waals surface area (Å²) >= 11 is 0. The summed E-state index contributed by atoms with van der Waals surface area (Å²) in [6.07, 6.45) is 0. The quantitative estimate of drug-likeness (QED) is 0.104. The SMILES string of the molecule is Nc1c(N)c2cc3c(cc2c2cc4c5ccccc5n(-c5ccc(-c6ccc(-c7ccccc7)cc6)cc5)c4cc12)c1ccccc1n3-c1ccccc1-c1ccccc1. The zero-order chi connectivity index (χ0) is 39.9. The fraction of sp³-hybridized carbons (Fsp3) is 0. The predicted molar refractivity (Wildman–Crippen MR) is 255 cm³/mol. The van der Waals surface area contributed by atoms with E-state index in [-0.39, 0.29) is 0 Å². The van der Waals surface area contributed by atoms with Gasteiger partial charge in [0.2, 0.25) is 0 Å². The second kappa shape index (κ2) is 13.2. The molecule has 0 amide bonds. The van der Waals surface area contributed by atoms with Gasteiger partial charge in [-0.2, -0.15) is 0 Å². The fourth-order valence-corrected chi connectivity index (χ4v) is 9.57. The van der Waals surface area contributed by atoms with Gasteiger partial charge >= 0.3 is 0 Å². The lowest BCUT2D eigenvalue weighted by Crippen LogP contribution is -2.00. The number of anilines is 2. The molecule has 0 unspecified atom stereocenters. The minimum absolute atomic E-state index is 0.595. The van der Waals surface area contributed by atoms with Gasteiger partial charge in [0.25, 0.3) is 0 Å². The summed E-state index contributed by atoms with van der Waals surface area (Å²) in [4.78, 5) is 0. The Kier molecular flexibility index (Phi) is 7.50. The Morgan fingerprint density at radius 2 is 0.683 bits per heavy atom. The molecule has 0 aliphatic heterocycles. The van der Waals surface area contributed by atoms with Crippen LogP contribution in [0.25, 0.3) is 110 Å². The van der Waals surface area contributed by atoms with E-state index < -0.39 is 0 Å². The first-order valence-corrected chi connectivity index (χ1v) is 20.4. The van der Waals surface area contributed by atoms with Crippen molar-refractivity contribution in [1.82, 2.24) is 9.13 Å². The molecular weight excluding hydrogens is 729 g/mol. The maximum atomic E-state index is 7.12. The molecule has 0 aliphatic rings. The Morgan fingerprint density at radius 1 is 0.267 bits per heavy atom. The van der Waals surface area contributed by atoms with Crippen LogP contribution in [0.4, 0.5) is 11.4 Å². The van der Waals surface area contributed by atoms with Crippen molar-refractivity contribution in [3.8, 4) is 44.8 Å². The summed E-state index contributed by atoms with van der Waals surface area (Å²) < 4.78 is 4.74. The van der Waals surface area contributed by atoms with Gasteiger partial charge in [0.05, 0.1) is 39.1 Å². The average molecular weight is 767 g/mol. The number of para-hydroxylation sites is 3. The smallest absolute Gasteiger partial charge is 0.0634 e. The van der Waals surface area contributed by atoms with E-state index in [1.807, 2.05) is 0 Å². The lowest BCUT2D eigenvalue weighted by Gasteiger charge is -2.16. The van der Waals surface area contributed by atoms with Crippen LogP contribution in [-0.4, -0.2) is 9.13 Å². The van der Waals surface area contributed by atoms with Crippen LogP contribution in [0, 0.1) is 0 Å². The molecule has 2 heterocycles. The number of fused-ring (bicyclic) bond motifs is 9. The largest absolute Gasteiger partial charge is 0.397 e.